The van der Waals surface area contributed by atoms with Crippen LogP contribution in [0.4, 0.5) is 11.4 Å². The van der Waals surface area contributed by atoms with Gasteiger partial charge in [0, 0.05) is 10.7 Å². The van der Waals surface area contributed by atoms with Gasteiger partial charge >= 0.3 is 0 Å². The number of carbonyl (C=O) groups excluding carboxylic acids is 2. The summed E-state index contributed by atoms with van der Waals surface area (Å²) < 4.78 is 0. The normalized spacial score (nSPS) is 16.7. The van der Waals surface area contributed by atoms with Gasteiger partial charge in [-0.05, 0) is 67.3 Å². The maximum absolute atomic E-state index is 13.6. The van der Waals surface area contributed by atoms with Crippen molar-refractivity contribution in [1.29, 1.82) is 5.26 Å². The molecule has 1 atom stereocenters. The van der Waals surface area contributed by atoms with Gasteiger partial charge in [-0.25, -0.2) is 0 Å². The third-order valence-corrected chi connectivity index (χ3v) is 7.70. The largest absolute Gasteiger partial charge is 0.320 e. The summed E-state index contributed by atoms with van der Waals surface area (Å²) in [5, 5.41) is 13.3. The number of benzene rings is 3. The molecule has 0 spiro atoms. The van der Waals surface area contributed by atoms with Gasteiger partial charge in [0.05, 0.1) is 16.0 Å². The molecule has 0 aliphatic carbocycles. The molecule has 1 fully saturated rings. The molecular weight excluding hydrogens is 501 g/mol. The van der Waals surface area contributed by atoms with E-state index in [9.17, 15) is 14.9 Å². The van der Waals surface area contributed by atoms with Gasteiger partial charge in [-0.1, -0.05) is 71.4 Å². The van der Waals surface area contributed by atoms with E-state index in [1.165, 1.54) is 16.7 Å². The van der Waals surface area contributed by atoms with Crippen LogP contribution in [0.25, 0.3) is 0 Å². The Morgan fingerprint density at radius 2 is 1.71 bits per heavy atom. The van der Waals surface area contributed by atoms with Gasteiger partial charge in [-0.15, -0.1) is 0 Å². The summed E-state index contributed by atoms with van der Waals surface area (Å²) in [5.74, 6) is -0.852. The first-order valence-corrected chi connectivity index (χ1v) is 12.4. The van der Waals surface area contributed by atoms with Crippen LogP contribution in [0, 0.1) is 25.2 Å². The molecule has 3 aromatic rings. The Kier molecular flexibility index (Phi) is 7.51. The Balaban J connectivity index is 1.77. The number of para-hydroxylation sites is 1. The Morgan fingerprint density at radius 1 is 1.03 bits per heavy atom. The molecule has 0 aromatic heterocycles. The van der Waals surface area contributed by atoms with Gasteiger partial charge in [0.15, 0.2) is 0 Å². The molecule has 1 unspecified atom stereocenters. The molecule has 0 radical (unpaired) electrons. The SMILES string of the molecule is Cc1ccc(N2C(=O)C(Cc3ccccc3Cl)SC2=C(C#N)C(=O)Nc2ccccc2Cl)cc1C. The zero-order valence-electron chi connectivity index (χ0n) is 19.0. The van der Waals surface area contributed by atoms with Crippen molar-refractivity contribution < 1.29 is 9.59 Å². The predicted molar refractivity (Wildman–Crippen MR) is 143 cm³/mol. The van der Waals surface area contributed by atoms with Crippen LogP contribution in [0.5, 0.6) is 0 Å². The summed E-state index contributed by atoms with van der Waals surface area (Å²) in [6.45, 7) is 3.93. The fourth-order valence-electron chi connectivity index (χ4n) is 3.70. The first kappa shape index (κ1) is 24.9. The second-order valence-corrected chi connectivity index (χ2v) is 10.1. The zero-order valence-corrected chi connectivity index (χ0v) is 21.3. The van der Waals surface area contributed by atoms with Crippen LogP contribution in [0.2, 0.25) is 10.0 Å². The molecule has 1 saturated heterocycles. The third-order valence-electron chi connectivity index (χ3n) is 5.74. The minimum absolute atomic E-state index is 0.164. The lowest BCUT2D eigenvalue weighted by molar-refractivity contribution is -0.117. The molecule has 1 heterocycles. The monoisotopic (exact) mass is 521 g/mol. The molecule has 0 bridgehead atoms. The maximum atomic E-state index is 13.6. The van der Waals surface area contributed by atoms with E-state index in [0.29, 0.717) is 27.8 Å². The molecule has 0 saturated carbocycles. The molecule has 2 amide bonds. The van der Waals surface area contributed by atoms with Crippen molar-refractivity contribution in [2.75, 3.05) is 10.2 Å². The number of thioether (sulfide) groups is 1. The van der Waals surface area contributed by atoms with E-state index < -0.39 is 11.2 Å². The van der Waals surface area contributed by atoms with Crippen molar-refractivity contribution in [3.63, 3.8) is 0 Å². The number of nitriles is 1. The lowest BCUT2D eigenvalue weighted by atomic mass is 10.1. The number of hydrogen-bond donors (Lipinski definition) is 1. The number of nitrogens with one attached hydrogen (secondary N) is 1. The van der Waals surface area contributed by atoms with Crippen molar-refractivity contribution in [2.45, 2.75) is 25.5 Å². The number of carbonyl (C=O) groups is 2. The second-order valence-electron chi connectivity index (χ2n) is 8.07. The number of halogens is 2. The van der Waals surface area contributed by atoms with Crippen LogP contribution in [-0.2, 0) is 16.0 Å². The third kappa shape index (κ3) is 5.23. The number of nitrogens with zero attached hydrogens (tertiary/aromatic N) is 2. The van der Waals surface area contributed by atoms with Gasteiger partial charge < -0.3 is 5.32 Å². The lowest BCUT2D eigenvalue weighted by Gasteiger charge is -2.20. The highest BCUT2D eigenvalue weighted by Gasteiger charge is 2.41. The fourth-order valence-corrected chi connectivity index (χ4v) is 5.39. The Hall–Kier alpha value is -3.24. The van der Waals surface area contributed by atoms with Crippen molar-refractivity contribution >= 4 is 58.2 Å². The summed E-state index contributed by atoms with van der Waals surface area (Å²) in [5.41, 5.74) is 3.70. The van der Waals surface area contributed by atoms with Gasteiger partial charge in [0.2, 0.25) is 5.91 Å². The van der Waals surface area contributed by atoms with Crippen LogP contribution in [-0.4, -0.2) is 17.1 Å². The molecule has 35 heavy (non-hydrogen) atoms. The topological polar surface area (TPSA) is 73.2 Å². The minimum Gasteiger partial charge on any atom is -0.320 e. The number of anilines is 2. The molecule has 4 rings (SSSR count). The van der Waals surface area contributed by atoms with Crippen LogP contribution in [0.3, 0.4) is 0 Å². The molecule has 1 aliphatic heterocycles. The molecule has 1 N–H and O–H groups in total. The van der Waals surface area contributed by atoms with Crippen molar-refractivity contribution in [1.82, 2.24) is 0 Å². The summed E-state index contributed by atoms with van der Waals surface area (Å²) in [4.78, 5) is 28.3. The van der Waals surface area contributed by atoms with E-state index >= 15 is 0 Å². The standard InChI is InChI=1S/C27H21Cl2N3O2S/c1-16-11-12-19(13-17(16)2)32-26(34)24(14-18-7-3-4-8-21(18)28)35-27(32)20(15-30)25(33)31-23-10-6-5-9-22(23)29/h3-13,24H,14H2,1-2H3,(H,31,33). The Morgan fingerprint density at radius 3 is 2.37 bits per heavy atom. The van der Waals surface area contributed by atoms with E-state index in [4.69, 9.17) is 23.2 Å². The minimum atomic E-state index is -0.636. The zero-order chi connectivity index (χ0) is 25.1. The number of amides is 2. The van der Waals surface area contributed by atoms with Crippen molar-refractivity contribution in [3.8, 4) is 6.07 Å². The predicted octanol–water partition coefficient (Wildman–Crippen LogP) is 6.68. The molecule has 5 nitrogen and oxygen atoms in total. The summed E-state index contributed by atoms with van der Waals surface area (Å²) in [6.07, 6.45) is 0.360. The number of hydrogen-bond acceptors (Lipinski definition) is 4. The molecule has 3 aromatic carbocycles. The quantitative estimate of drug-likeness (QED) is 0.300. The Bertz CT molecular complexity index is 1400. The summed E-state index contributed by atoms with van der Waals surface area (Å²) in [7, 11) is 0. The fraction of sp³-hybridized carbons (Fsp3) is 0.148. The summed E-state index contributed by atoms with van der Waals surface area (Å²) in [6, 6.07) is 21.7. The number of rotatable bonds is 5. The van der Waals surface area contributed by atoms with E-state index in [1.807, 2.05) is 56.3 Å². The maximum Gasteiger partial charge on any atom is 0.269 e. The first-order chi connectivity index (χ1) is 16.8. The van der Waals surface area contributed by atoms with Crippen molar-refractivity contribution in [3.05, 3.63) is 104 Å². The van der Waals surface area contributed by atoms with Gasteiger partial charge in [-0.3, -0.25) is 14.5 Å². The lowest BCUT2D eigenvalue weighted by Crippen LogP contribution is -2.31. The molecule has 1 aliphatic rings. The highest BCUT2D eigenvalue weighted by Crippen LogP contribution is 2.43. The molecule has 8 heteroatoms. The van der Waals surface area contributed by atoms with E-state index in [-0.39, 0.29) is 16.5 Å². The van der Waals surface area contributed by atoms with Gasteiger partial charge in [-0.2, -0.15) is 5.26 Å². The average molecular weight is 522 g/mol. The number of aryl methyl sites for hydroxylation is 2. The van der Waals surface area contributed by atoms with E-state index in [0.717, 1.165) is 16.7 Å². The van der Waals surface area contributed by atoms with E-state index in [2.05, 4.69) is 5.32 Å². The van der Waals surface area contributed by atoms with Crippen LogP contribution in [0.1, 0.15) is 16.7 Å². The van der Waals surface area contributed by atoms with Gasteiger partial charge in [0.25, 0.3) is 5.91 Å². The van der Waals surface area contributed by atoms with Crippen LogP contribution >= 0.6 is 35.0 Å². The van der Waals surface area contributed by atoms with Gasteiger partial charge in [0.1, 0.15) is 16.7 Å². The van der Waals surface area contributed by atoms with Crippen molar-refractivity contribution in [2.24, 2.45) is 0 Å². The smallest absolute Gasteiger partial charge is 0.269 e. The van der Waals surface area contributed by atoms with Crippen LogP contribution < -0.4 is 10.2 Å². The molecule has 176 valence electrons. The van der Waals surface area contributed by atoms with E-state index in [1.54, 1.807) is 30.3 Å². The first-order valence-electron chi connectivity index (χ1n) is 10.8. The molecular formula is C27H21Cl2N3O2S. The highest BCUT2D eigenvalue weighted by atomic mass is 35.5. The highest BCUT2D eigenvalue weighted by molar-refractivity contribution is 8.05. The second kappa shape index (κ2) is 10.6. The van der Waals surface area contributed by atoms with Crippen LogP contribution in [0.15, 0.2) is 77.3 Å². The summed E-state index contributed by atoms with van der Waals surface area (Å²) >= 11 is 13.7. The average Bonchev–Trinajstić information content (AvgIpc) is 3.14. The Labute approximate surface area is 218 Å².